The Kier molecular flexibility index (Phi) is 8.36. The highest BCUT2D eigenvalue weighted by Gasteiger charge is 2.25. The van der Waals surface area contributed by atoms with Crippen molar-refractivity contribution >= 4 is 11.4 Å². The third kappa shape index (κ3) is 5.07. The largest absolute Gasteiger partial charge is 0.487 e. The lowest BCUT2D eigenvalue weighted by atomic mass is 9.97. The van der Waals surface area contributed by atoms with Crippen LogP contribution in [0.2, 0.25) is 0 Å². The molecule has 5 nitrogen and oxygen atoms in total. The van der Waals surface area contributed by atoms with Gasteiger partial charge in [-0.2, -0.15) is 0 Å². The van der Waals surface area contributed by atoms with Crippen molar-refractivity contribution in [2.45, 2.75) is 73.1 Å². The van der Waals surface area contributed by atoms with E-state index in [0.29, 0.717) is 12.5 Å². The van der Waals surface area contributed by atoms with Gasteiger partial charge in [-0.25, -0.2) is 4.98 Å². The zero-order valence-electron chi connectivity index (χ0n) is 18.6. The van der Waals surface area contributed by atoms with Gasteiger partial charge in [-0.3, -0.25) is 0 Å². The molecule has 0 fully saturated rings. The molecular formula is C23H37N3O2. The monoisotopic (exact) mass is 387 g/mol. The predicted octanol–water partition coefficient (Wildman–Crippen LogP) is 5.14. The van der Waals surface area contributed by atoms with Gasteiger partial charge in [-0.05, 0) is 49.8 Å². The molecule has 0 radical (unpaired) electrons. The van der Waals surface area contributed by atoms with Gasteiger partial charge in [-0.1, -0.05) is 40.7 Å². The Balaban J connectivity index is 2.50. The maximum absolute atomic E-state index is 6.24. The lowest BCUT2D eigenvalue weighted by molar-refractivity contribution is 0.0834. The van der Waals surface area contributed by atoms with Crippen LogP contribution in [0, 0.1) is 5.92 Å². The summed E-state index contributed by atoms with van der Waals surface area (Å²) < 4.78 is 12.3. The van der Waals surface area contributed by atoms with E-state index in [1.165, 1.54) is 11.3 Å². The highest BCUT2D eigenvalue weighted by molar-refractivity contribution is 5.74. The second kappa shape index (κ2) is 10.5. The van der Waals surface area contributed by atoms with Gasteiger partial charge in [0.2, 0.25) is 0 Å². The van der Waals surface area contributed by atoms with Crippen molar-refractivity contribution in [3.63, 3.8) is 0 Å². The molecule has 2 rings (SSSR count). The minimum atomic E-state index is -0.194. The van der Waals surface area contributed by atoms with Gasteiger partial charge in [0.1, 0.15) is 0 Å². The average Bonchev–Trinajstić information content (AvgIpc) is 2.71. The van der Waals surface area contributed by atoms with Crippen molar-refractivity contribution in [1.29, 1.82) is 0 Å². The molecule has 1 aliphatic rings. The van der Waals surface area contributed by atoms with Crippen LogP contribution in [-0.2, 0) is 11.2 Å². The third-order valence-electron chi connectivity index (χ3n) is 5.14. The van der Waals surface area contributed by atoms with Gasteiger partial charge in [0.25, 0.3) is 0 Å². The van der Waals surface area contributed by atoms with E-state index >= 15 is 0 Å². The Morgan fingerprint density at radius 3 is 2.39 bits per heavy atom. The molecule has 5 heteroatoms. The summed E-state index contributed by atoms with van der Waals surface area (Å²) in [5.74, 6) is 2.02. The number of hydrogen-bond donors (Lipinski definition) is 2. The molecule has 0 bridgehead atoms. The Bertz CT molecular complexity index is 706. The molecule has 1 atom stereocenters. The Labute approximate surface area is 170 Å². The summed E-state index contributed by atoms with van der Waals surface area (Å²) in [7, 11) is 1.89. The first kappa shape index (κ1) is 22.3. The molecule has 0 spiro atoms. The normalized spacial score (nSPS) is 16.7. The molecule has 1 aromatic heterocycles. The van der Waals surface area contributed by atoms with Crippen LogP contribution in [0.25, 0.3) is 5.57 Å². The fourth-order valence-corrected chi connectivity index (χ4v) is 3.36. The first-order valence-electron chi connectivity index (χ1n) is 10.7. The van der Waals surface area contributed by atoms with E-state index in [4.69, 9.17) is 14.5 Å². The van der Waals surface area contributed by atoms with E-state index in [0.717, 1.165) is 42.1 Å². The number of aromatic nitrogens is 1. The van der Waals surface area contributed by atoms with Crippen LogP contribution in [0.1, 0.15) is 65.6 Å². The van der Waals surface area contributed by atoms with Crippen LogP contribution in [0.4, 0.5) is 5.82 Å². The summed E-state index contributed by atoms with van der Waals surface area (Å²) in [6.07, 6.45) is 7.13. The minimum absolute atomic E-state index is 0.194. The van der Waals surface area contributed by atoms with Gasteiger partial charge in [0.05, 0.1) is 11.8 Å². The van der Waals surface area contributed by atoms with E-state index < -0.39 is 0 Å². The second-order valence-corrected chi connectivity index (χ2v) is 7.38. The van der Waals surface area contributed by atoms with Crippen LogP contribution in [0.15, 0.2) is 23.9 Å². The summed E-state index contributed by atoms with van der Waals surface area (Å²) in [6.45, 7) is 13.5. The van der Waals surface area contributed by atoms with Crippen molar-refractivity contribution in [1.82, 2.24) is 10.3 Å². The highest BCUT2D eigenvalue weighted by atomic mass is 16.5. The molecule has 1 aliphatic heterocycles. The van der Waals surface area contributed by atoms with E-state index in [2.05, 4.69) is 63.5 Å². The average molecular weight is 388 g/mol. The first-order chi connectivity index (χ1) is 13.5. The van der Waals surface area contributed by atoms with Crippen molar-refractivity contribution < 1.29 is 9.47 Å². The molecule has 2 heterocycles. The maximum Gasteiger partial charge on any atom is 0.169 e. The van der Waals surface area contributed by atoms with Crippen LogP contribution < -0.4 is 15.4 Å². The van der Waals surface area contributed by atoms with Crippen molar-refractivity contribution in [2.75, 3.05) is 19.0 Å². The number of anilines is 1. The minimum Gasteiger partial charge on any atom is -0.487 e. The molecule has 0 aromatic carbocycles. The zero-order chi connectivity index (χ0) is 20.7. The number of nitrogens with zero attached hydrogens (tertiary/aromatic N) is 1. The molecular weight excluding hydrogens is 350 g/mol. The second-order valence-electron chi connectivity index (χ2n) is 7.38. The fourth-order valence-electron chi connectivity index (χ4n) is 3.36. The molecule has 0 saturated heterocycles. The van der Waals surface area contributed by atoms with Gasteiger partial charge in [0, 0.05) is 24.9 Å². The highest BCUT2D eigenvalue weighted by Crippen LogP contribution is 2.33. The summed E-state index contributed by atoms with van der Waals surface area (Å²) >= 11 is 0. The first-order valence-corrected chi connectivity index (χ1v) is 10.7. The number of allylic oxidation sites excluding steroid dienone is 3. The molecule has 1 unspecified atom stereocenters. The SMILES string of the molecule is CCOC1NC(C(C)C)=CC=C1c1nc(NC)c(OC(CC)CC)cc1CC. The number of ether oxygens (including phenoxy) is 2. The number of hydrogen-bond acceptors (Lipinski definition) is 5. The summed E-state index contributed by atoms with van der Waals surface area (Å²) in [5.41, 5.74) is 4.38. The predicted molar refractivity (Wildman–Crippen MR) is 118 cm³/mol. The third-order valence-corrected chi connectivity index (χ3v) is 5.14. The fraction of sp³-hybridized carbons (Fsp3) is 0.609. The maximum atomic E-state index is 6.24. The van der Waals surface area contributed by atoms with Crippen molar-refractivity contribution in [2.24, 2.45) is 5.92 Å². The number of pyridine rings is 1. The van der Waals surface area contributed by atoms with Crippen LogP contribution in [-0.4, -0.2) is 31.0 Å². The molecule has 0 saturated carbocycles. The molecule has 156 valence electrons. The Hall–Kier alpha value is -2.01. The molecule has 1 aromatic rings. The summed E-state index contributed by atoms with van der Waals surface area (Å²) in [5, 5.41) is 6.75. The van der Waals surface area contributed by atoms with Crippen LogP contribution in [0.3, 0.4) is 0 Å². The smallest absolute Gasteiger partial charge is 0.169 e. The van der Waals surface area contributed by atoms with E-state index in [-0.39, 0.29) is 12.3 Å². The number of rotatable bonds is 10. The standard InChI is InChI=1S/C23H37N3O2/c1-8-16-14-20(28-17(9-2)10-3)22(24-7)26-21(16)18-12-13-19(15(5)6)25-23(18)27-11-4/h12-15,17,23,25H,8-11H2,1-7H3,(H,24,26). The van der Waals surface area contributed by atoms with E-state index in [9.17, 15) is 0 Å². The summed E-state index contributed by atoms with van der Waals surface area (Å²) in [4.78, 5) is 4.96. The Morgan fingerprint density at radius 2 is 1.86 bits per heavy atom. The summed E-state index contributed by atoms with van der Waals surface area (Å²) in [6, 6.07) is 2.14. The van der Waals surface area contributed by atoms with Gasteiger partial charge in [0.15, 0.2) is 17.8 Å². The lowest BCUT2D eigenvalue weighted by Gasteiger charge is -2.30. The van der Waals surface area contributed by atoms with Gasteiger partial charge >= 0.3 is 0 Å². The van der Waals surface area contributed by atoms with E-state index in [1.807, 2.05) is 14.0 Å². The Morgan fingerprint density at radius 1 is 1.14 bits per heavy atom. The van der Waals surface area contributed by atoms with E-state index in [1.54, 1.807) is 0 Å². The quantitative estimate of drug-likeness (QED) is 0.582. The number of dihydropyridines is 1. The zero-order valence-corrected chi connectivity index (χ0v) is 18.6. The van der Waals surface area contributed by atoms with Gasteiger partial charge in [-0.15, -0.1) is 0 Å². The van der Waals surface area contributed by atoms with Crippen LogP contribution >= 0.6 is 0 Å². The topological polar surface area (TPSA) is 55.4 Å². The number of aryl methyl sites for hydroxylation is 1. The molecule has 2 N–H and O–H groups in total. The lowest BCUT2D eigenvalue weighted by Crippen LogP contribution is -2.36. The van der Waals surface area contributed by atoms with Crippen molar-refractivity contribution in [3.8, 4) is 5.75 Å². The molecule has 0 amide bonds. The van der Waals surface area contributed by atoms with Crippen molar-refractivity contribution in [3.05, 3.63) is 35.2 Å². The van der Waals surface area contributed by atoms with Gasteiger partial charge < -0.3 is 20.1 Å². The molecule has 28 heavy (non-hydrogen) atoms. The van der Waals surface area contributed by atoms with Crippen LogP contribution in [0.5, 0.6) is 5.75 Å². The molecule has 0 aliphatic carbocycles. The number of nitrogens with one attached hydrogen (secondary N) is 2.